The Labute approximate surface area is 163 Å². The Morgan fingerprint density at radius 3 is 2.44 bits per heavy atom. The minimum Gasteiger partial charge on any atom is -0.349 e. The van der Waals surface area contributed by atoms with Crippen LogP contribution < -0.4 is 16.4 Å². The van der Waals surface area contributed by atoms with Gasteiger partial charge in [-0.05, 0) is 61.1 Å². The molecule has 2 aliphatic carbocycles. The average molecular weight is 384 g/mol. The maximum absolute atomic E-state index is 13.0. The van der Waals surface area contributed by atoms with Gasteiger partial charge in [-0.2, -0.15) is 0 Å². The fourth-order valence-electron chi connectivity index (χ4n) is 4.64. The van der Waals surface area contributed by atoms with Crippen LogP contribution in [0.3, 0.4) is 0 Å². The number of anilines is 1. The summed E-state index contributed by atoms with van der Waals surface area (Å²) in [6.45, 7) is 0. The van der Waals surface area contributed by atoms with E-state index in [2.05, 4.69) is 10.6 Å². The van der Waals surface area contributed by atoms with E-state index < -0.39 is 0 Å². The highest BCUT2D eigenvalue weighted by Gasteiger charge is 2.40. The van der Waals surface area contributed by atoms with E-state index >= 15 is 0 Å². The molecule has 142 valence electrons. The number of carbonyl (C=O) groups excluding carboxylic acids is 2. The lowest BCUT2D eigenvalue weighted by Crippen LogP contribution is -2.53. The molecule has 0 aliphatic heterocycles. The highest BCUT2D eigenvalue weighted by atomic mass is 32.1. The number of nitrogens with two attached hydrogens (primary N) is 1. The minimum atomic E-state index is -0.189. The first-order valence-corrected chi connectivity index (χ1v) is 10.5. The fourth-order valence-corrected chi connectivity index (χ4v) is 5.25. The molecule has 0 radical (unpaired) electrons. The van der Waals surface area contributed by atoms with E-state index in [-0.39, 0.29) is 23.9 Å². The Morgan fingerprint density at radius 1 is 1.00 bits per heavy atom. The monoisotopic (exact) mass is 383 g/mol. The van der Waals surface area contributed by atoms with Crippen molar-refractivity contribution < 1.29 is 9.59 Å². The predicted molar refractivity (Wildman–Crippen MR) is 108 cm³/mol. The van der Waals surface area contributed by atoms with Gasteiger partial charge >= 0.3 is 0 Å². The Hall–Kier alpha value is -2.18. The summed E-state index contributed by atoms with van der Waals surface area (Å²) in [5.74, 6) is 0.619. The van der Waals surface area contributed by atoms with E-state index in [9.17, 15) is 9.59 Å². The Morgan fingerprint density at radius 2 is 1.74 bits per heavy atom. The van der Waals surface area contributed by atoms with E-state index in [1.54, 1.807) is 18.2 Å². The molecule has 2 aliphatic rings. The number of thiophene rings is 1. The molecule has 27 heavy (non-hydrogen) atoms. The van der Waals surface area contributed by atoms with Gasteiger partial charge in [0, 0.05) is 12.1 Å². The van der Waals surface area contributed by atoms with Crippen molar-refractivity contribution in [1.29, 1.82) is 0 Å². The molecule has 2 amide bonds. The zero-order valence-electron chi connectivity index (χ0n) is 15.2. The molecule has 1 aromatic heterocycles. The first-order chi connectivity index (χ1) is 13.1. The number of hydrogen-bond donors (Lipinski definition) is 3. The normalized spacial score (nSPS) is 27.0. The Balaban J connectivity index is 1.50. The zero-order chi connectivity index (χ0) is 18.8. The van der Waals surface area contributed by atoms with Gasteiger partial charge in [0.1, 0.15) is 0 Å². The Kier molecular flexibility index (Phi) is 5.27. The van der Waals surface area contributed by atoms with Crippen molar-refractivity contribution in [2.24, 2.45) is 17.6 Å². The zero-order valence-corrected chi connectivity index (χ0v) is 16.0. The molecule has 0 spiro atoms. The molecule has 4 N–H and O–H groups in total. The van der Waals surface area contributed by atoms with E-state index in [4.69, 9.17) is 5.73 Å². The van der Waals surface area contributed by atoms with Crippen LogP contribution in [0.15, 0.2) is 41.8 Å². The van der Waals surface area contributed by atoms with Crippen LogP contribution in [0.2, 0.25) is 0 Å². The highest BCUT2D eigenvalue weighted by molar-refractivity contribution is 7.12. The summed E-state index contributed by atoms with van der Waals surface area (Å²) in [6, 6.07) is 11.3. The van der Waals surface area contributed by atoms with Gasteiger partial charge < -0.3 is 16.4 Å². The summed E-state index contributed by atoms with van der Waals surface area (Å²) < 4.78 is 0. The molecule has 2 bridgehead atoms. The van der Waals surface area contributed by atoms with Gasteiger partial charge in [-0.25, -0.2) is 0 Å². The van der Waals surface area contributed by atoms with Crippen LogP contribution in [0.25, 0.3) is 0 Å². The molecule has 2 saturated carbocycles. The lowest BCUT2D eigenvalue weighted by atomic mass is 9.67. The van der Waals surface area contributed by atoms with Crippen LogP contribution in [0.5, 0.6) is 0 Å². The molecular formula is C21H25N3O2S. The van der Waals surface area contributed by atoms with Gasteiger partial charge in [-0.15, -0.1) is 11.3 Å². The van der Waals surface area contributed by atoms with Crippen LogP contribution in [-0.4, -0.2) is 23.9 Å². The van der Waals surface area contributed by atoms with Gasteiger partial charge in [0.05, 0.1) is 16.1 Å². The third-order valence-electron chi connectivity index (χ3n) is 5.84. The third-order valence-corrected chi connectivity index (χ3v) is 6.71. The number of fused-ring (bicyclic) bond motifs is 2. The molecule has 2 unspecified atom stereocenters. The molecule has 1 heterocycles. The van der Waals surface area contributed by atoms with Crippen LogP contribution in [0.4, 0.5) is 5.69 Å². The van der Waals surface area contributed by atoms with Crippen molar-refractivity contribution in [3.63, 3.8) is 0 Å². The number of rotatable bonds is 4. The average Bonchev–Trinajstić information content (AvgIpc) is 3.18. The molecule has 0 saturated heterocycles. The van der Waals surface area contributed by atoms with Gasteiger partial charge in [0.15, 0.2) is 0 Å². The maximum Gasteiger partial charge on any atom is 0.265 e. The second kappa shape index (κ2) is 7.82. The topological polar surface area (TPSA) is 84.2 Å². The maximum atomic E-state index is 13.0. The highest BCUT2D eigenvalue weighted by Crippen LogP contribution is 2.39. The first kappa shape index (κ1) is 18.2. The van der Waals surface area contributed by atoms with Crippen LogP contribution in [0.1, 0.15) is 52.1 Å². The number of para-hydroxylation sites is 1. The molecule has 4 rings (SSSR count). The smallest absolute Gasteiger partial charge is 0.265 e. The van der Waals surface area contributed by atoms with E-state index in [0.717, 1.165) is 25.7 Å². The second-order valence-corrected chi connectivity index (χ2v) is 8.61. The number of nitrogens with one attached hydrogen (secondary N) is 2. The predicted octanol–water partition coefficient (Wildman–Crippen LogP) is 3.64. The van der Waals surface area contributed by atoms with Crippen LogP contribution >= 0.6 is 11.3 Å². The van der Waals surface area contributed by atoms with Crippen molar-refractivity contribution in [2.45, 2.75) is 44.2 Å². The van der Waals surface area contributed by atoms with Crippen molar-refractivity contribution >= 4 is 28.8 Å². The summed E-state index contributed by atoms with van der Waals surface area (Å²) in [7, 11) is 0. The summed E-state index contributed by atoms with van der Waals surface area (Å²) >= 11 is 1.38. The fraction of sp³-hybridized carbons (Fsp3) is 0.429. The first-order valence-electron chi connectivity index (χ1n) is 9.62. The molecule has 6 heteroatoms. The molecule has 1 aromatic carbocycles. The van der Waals surface area contributed by atoms with Gasteiger partial charge in [-0.1, -0.05) is 24.6 Å². The molecule has 2 atom stereocenters. The molecule has 2 aromatic rings. The summed E-state index contributed by atoms with van der Waals surface area (Å²) in [6.07, 6.45) is 5.45. The Bertz CT molecular complexity index is 807. The van der Waals surface area contributed by atoms with Gasteiger partial charge in [0.25, 0.3) is 11.8 Å². The van der Waals surface area contributed by atoms with Crippen molar-refractivity contribution in [3.05, 3.63) is 52.2 Å². The number of carbonyl (C=O) groups is 2. The van der Waals surface area contributed by atoms with Crippen LogP contribution in [0, 0.1) is 11.8 Å². The molecular weight excluding hydrogens is 358 g/mol. The largest absolute Gasteiger partial charge is 0.349 e. The lowest BCUT2D eigenvalue weighted by Gasteiger charge is -2.45. The molecule has 2 fully saturated rings. The quantitative estimate of drug-likeness (QED) is 0.754. The SMILES string of the molecule is NC1CC2CCCC(C1)C2NC(=O)c1ccccc1NC(=O)c1cccs1. The lowest BCUT2D eigenvalue weighted by molar-refractivity contribution is 0.0757. The van der Waals surface area contributed by atoms with Crippen molar-refractivity contribution in [3.8, 4) is 0 Å². The second-order valence-electron chi connectivity index (χ2n) is 7.66. The van der Waals surface area contributed by atoms with E-state index in [0.29, 0.717) is 28.0 Å². The van der Waals surface area contributed by atoms with E-state index in [1.807, 2.05) is 23.6 Å². The number of benzene rings is 1. The minimum absolute atomic E-state index is 0.116. The van der Waals surface area contributed by atoms with Gasteiger partial charge in [-0.3, -0.25) is 9.59 Å². The number of amides is 2. The summed E-state index contributed by atoms with van der Waals surface area (Å²) in [4.78, 5) is 26.0. The summed E-state index contributed by atoms with van der Waals surface area (Å²) in [5.41, 5.74) is 7.25. The summed E-state index contributed by atoms with van der Waals surface area (Å²) in [5, 5.41) is 8.00. The third kappa shape index (κ3) is 3.92. The standard InChI is InChI=1S/C21H25N3O2S/c22-15-11-13-5-3-6-14(12-15)19(13)24-20(25)16-7-1-2-8-17(16)23-21(26)18-9-4-10-27-18/h1-2,4,7-10,13-15,19H,3,5-6,11-12,22H2,(H,23,26)(H,24,25). The number of hydrogen-bond acceptors (Lipinski definition) is 4. The van der Waals surface area contributed by atoms with Crippen molar-refractivity contribution in [1.82, 2.24) is 5.32 Å². The molecule has 5 nitrogen and oxygen atoms in total. The van der Waals surface area contributed by atoms with Gasteiger partial charge in [0.2, 0.25) is 0 Å². The van der Waals surface area contributed by atoms with Crippen LogP contribution in [-0.2, 0) is 0 Å². The van der Waals surface area contributed by atoms with Crippen molar-refractivity contribution in [2.75, 3.05) is 5.32 Å². The van der Waals surface area contributed by atoms with E-state index in [1.165, 1.54) is 17.8 Å².